The third-order valence-corrected chi connectivity index (χ3v) is 3.89. The molecule has 100 valence electrons. The second-order valence-corrected chi connectivity index (χ2v) is 5.91. The van der Waals surface area contributed by atoms with Crippen LogP contribution in [0, 0.1) is 6.92 Å². The zero-order chi connectivity index (χ0) is 13.2. The number of benzene rings is 1. The molecule has 4 nitrogen and oxygen atoms in total. The summed E-state index contributed by atoms with van der Waals surface area (Å²) < 4.78 is 6.44. The van der Waals surface area contributed by atoms with Gasteiger partial charge in [-0.05, 0) is 56.6 Å². The molecular weight excluding hydrogens is 306 g/mol. The molecule has 3 rings (SSSR count). The summed E-state index contributed by atoms with van der Waals surface area (Å²) in [5.74, 6) is 1.87. The fourth-order valence-electron chi connectivity index (χ4n) is 2.46. The maximum atomic E-state index is 5.41. The molecule has 0 saturated carbocycles. The number of hydrogen-bond acceptors (Lipinski definition) is 4. The Hall–Kier alpha value is -1.20. The van der Waals surface area contributed by atoms with Crippen LogP contribution in [0.15, 0.2) is 27.2 Å². The lowest BCUT2D eigenvalue weighted by molar-refractivity contribution is 0.392. The summed E-state index contributed by atoms with van der Waals surface area (Å²) in [7, 11) is 0. The van der Waals surface area contributed by atoms with Crippen LogP contribution in [0.4, 0.5) is 0 Å². The molecule has 1 saturated heterocycles. The van der Waals surface area contributed by atoms with Gasteiger partial charge in [-0.3, -0.25) is 0 Å². The minimum atomic E-state index is 0.423. The van der Waals surface area contributed by atoms with Gasteiger partial charge in [-0.25, -0.2) is 0 Å². The predicted octanol–water partition coefficient (Wildman–Crippen LogP) is 3.27. The van der Waals surface area contributed by atoms with Crippen LogP contribution in [0.25, 0.3) is 11.5 Å². The highest BCUT2D eigenvalue weighted by molar-refractivity contribution is 9.10. The normalized spacial score (nSPS) is 16.7. The van der Waals surface area contributed by atoms with E-state index in [-0.39, 0.29) is 0 Å². The van der Waals surface area contributed by atoms with Gasteiger partial charge in [0.15, 0.2) is 5.82 Å². The summed E-state index contributed by atoms with van der Waals surface area (Å²) in [6.07, 6.45) is 2.16. The molecule has 0 aliphatic carbocycles. The minimum absolute atomic E-state index is 0.423. The van der Waals surface area contributed by atoms with Gasteiger partial charge < -0.3 is 9.84 Å². The second kappa shape index (κ2) is 5.43. The molecule has 0 amide bonds. The molecule has 0 spiro atoms. The number of nitrogens with one attached hydrogen (secondary N) is 1. The van der Waals surface area contributed by atoms with Gasteiger partial charge in [-0.2, -0.15) is 4.98 Å². The van der Waals surface area contributed by atoms with E-state index in [9.17, 15) is 0 Å². The van der Waals surface area contributed by atoms with Crippen LogP contribution in [-0.4, -0.2) is 23.2 Å². The van der Waals surface area contributed by atoms with E-state index in [2.05, 4.69) is 50.4 Å². The van der Waals surface area contributed by atoms with Gasteiger partial charge in [-0.1, -0.05) is 21.1 Å². The van der Waals surface area contributed by atoms with Crippen LogP contribution in [0.3, 0.4) is 0 Å². The number of piperidine rings is 1. The first kappa shape index (κ1) is 12.8. The summed E-state index contributed by atoms with van der Waals surface area (Å²) in [6, 6.07) is 6.13. The van der Waals surface area contributed by atoms with Gasteiger partial charge in [0.25, 0.3) is 5.89 Å². The maximum Gasteiger partial charge on any atom is 0.257 e. The molecule has 0 atom stereocenters. The molecule has 0 unspecified atom stereocenters. The topological polar surface area (TPSA) is 51.0 Å². The third-order valence-electron chi connectivity index (χ3n) is 3.44. The van der Waals surface area contributed by atoms with Crippen LogP contribution in [0.1, 0.15) is 30.1 Å². The molecule has 5 heteroatoms. The van der Waals surface area contributed by atoms with E-state index in [1.165, 1.54) is 5.56 Å². The van der Waals surface area contributed by atoms with Crippen molar-refractivity contribution in [2.24, 2.45) is 0 Å². The summed E-state index contributed by atoms with van der Waals surface area (Å²) in [4.78, 5) is 4.56. The highest BCUT2D eigenvalue weighted by Gasteiger charge is 2.21. The van der Waals surface area contributed by atoms with Crippen LogP contribution < -0.4 is 5.32 Å². The monoisotopic (exact) mass is 321 g/mol. The average Bonchev–Trinajstić information content (AvgIpc) is 2.88. The SMILES string of the molecule is Cc1cc(Br)cc(-c2nc(C3CCNCC3)no2)c1. The highest BCUT2D eigenvalue weighted by Crippen LogP contribution is 2.27. The first-order valence-corrected chi connectivity index (χ1v) is 7.33. The van der Waals surface area contributed by atoms with E-state index in [0.29, 0.717) is 11.8 Å². The van der Waals surface area contributed by atoms with E-state index < -0.39 is 0 Å². The lowest BCUT2D eigenvalue weighted by Crippen LogP contribution is -2.27. The quantitative estimate of drug-likeness (QED) is 0.922. The summed E-state index contributed by atoms with van der Waals surface area (Å²) in [5.41, 5.74) is 2.14. The van der Waals surface area contributed by atoms with Crippen LogP contribution in [0.5, 0.6) is 0 Å². The molecule has 19 heavy (non-hydrogen) atoms. The van der Waals surface area contributed by atoms with Crippen LogP contribution in [0.2, 0.25) is 0 Å². The fraction of sp³-hybridized carbons (Fsp3) is 0.429. The Morgan fingerprint density at radius 2 is 2.05 bits per heavy atom. The zero-order valence-electron chi connectivity index (χ0n) is 10.8. The largest absolute Gasteiger partial charge is 0.334 e. The lowest BCUT2D eigenvalue weighted by atomic mass is 9.98. The van der Waals surface area contributed by atoms with Gasteiger partial charge in [0.05, 0.1) is 0 Å². The molecule has 1 aromatic carbocycles. The number of halogens is 1. The van der Waals surface area contributed by atoms with E-state index in [1.54, 1.807) is 0 Å². The van der Waals surface area contributed by atoms with Crippen molar-refractivity contribution in [1.29, 1.82) is 0 Å². The molecule has 1 aromatic heterocycles. The van der Waals surface area contributed by atoms with Gasteiger partial charge in [0.2, 0.25) is 0 Å². The third kappa shape index (κ3) is 2.87. The van der Waals surface area contributed by atoms with Crippen molar-refractivity contribution in [2.45, 2.75) is 25.7 Å². The summed E-state index contributed by atoms with van der Waals surface area (Å²) in [5, 5.41) is 7.49. The smallest absolute Gasteiger partial charge is 0.257 e. The van der Waals surface area contributed by atoms with Gasteiger partial charge in [0.1, 0.15) is 0 Å². The first-order valence-electron chi connectivity index (χ1n) is 6.54. The number of aryl methyl sites for hydroxylation is 1. The number of rotatable bonds is 2. The molecule has 2 aromatic rings. The fourth-order valence-corrected chi connectivity index (χ4v) is 3.07. The Bertz CT molecular complexity index is 556. The highest BCUT2D eigenvalue weighted by atomic mass is 79.9. The van der Waals surface area contributed by atoms with E-state index >= 15 is 0 Å². The van der Waals surface area contributed by atoms with E-state index in [4.69, 9.17) is 4.52 Å². The van der Waals surface area contributed by atoms with Crippen LogP contribution >= 0.6 is 15.9 Å². The Balaban J connectivity index is 1.87. The minimum Gasteiger partial charge on any atom is -0.334 e. The average molecular weight is 322 g/mol. The standard InChI is InChI=1S/C14H16BrN3O/c1-9-6-11(8-12(15)7-9)14-17-13(18-19-14)10-2-4-16-5-3-10/h6-8,10,16H,2-5H2,1H3. The van der Waals surface area contributed by atoms with Crippen molar-refractivity contribution < 1.29 is 4.52 Å². The Morgan fingerprint density at radius 1 is 1.26 bits per heavy atom. The number of hydrogen-bond donors (Lipinski definition) is 1. The molecule has 1 fully saturated rings. The Morgan fingerprint density at radius 3 is 2.79 bits per heavy atom. The molecule has 0 bridgehead atoms. The first-order chi connectivity index (χ1) is 9.22. The van der Waals surface area contributed by atoms with E-state index in [0.717, 1.165) is 41.8 Å². The molecule has 1 aliphatic rings. The molecule has 1 N–H and O–H groups in total. The number of aromatic nitrogens is 2. The van der Waals surface area contributed by atoms with Crippen molar-refractivity contribution >= 4 is 15.9 Å². The molecular formula is C14H16BrN3O. The van der Waals surface area contributed by atoms with Crippen molar-refractivity contribution in [2.75, 3.05) is 13.1 Å². The van der Waals surface area contributed by atoms with Crippen molar-refractivity contribution in [1.82, 2.24) is 15.5 Å². The Kier molecular flexibility index (Phi) is 3.66. The second-order valence-electron chi connectivity index (χ2n) is 5.00. The van der Waals surface area contributed by atoms with Crippen LogP contribution in [-0.2, 0) is 0 Å². The molecule has 0 radical (unpaired) electrons. The summed E-state index contributed by atoms with van der Waals surface area (Å²) >= 11 is 3.50. The zero-order valence-corrected chi connectivity index (χ0v) is 12.4. The Labute approximate surface area is 120 Å². The van der Waals surface area contributed by atoms with Crippen molar-refractivity contribution in [3.8, 4) is 11.5 Å². The van der Waals surface area contributed by atoms with Crippen molar-refractivity contribution in [3.05, 3.63) is 34.1 Å². The van der Waals surface area contributed by atoms with Gasteiger partial charge >= 0.3 is 0 Å². The maximum absolute atomic E-state index is 5.41. The molecule has 2 heterocycles. The van der Waals surface area contributed by atoms with Gasteiger partial charge in [-0.15, -0.1) is 0 Å². The van der Waals surface area contributed by atoms with Gasteiger partial charge in [0, 0.05) is 16.0 Å². The van der Waals surface area contributed by atoms with E-state index in [1.807, 2.05) is 6.07 Å². The summed E-state index contributed by atoms with van der Waals surface area (Å²) in [6.45, 7) is 4.12. The van der Waals surface area contributed by atoms with Crippen molar-refractivity contribution in [3.63, 3.8) is 0 Å². The number of nitrogens with zero attached hydrogens (tertiary/aromatic N) is 2. The molecule has 1 aliphatic heterocycles. The predicted molar refractivity (Wildman–Crippen MR) is 77.0 cm³/mol. The lowest BCUT2D eigenvalue weighted by Gasteiger charge is -2.18.